The first kappa shape index (κ1) is 17.9. The molecule has 3 rings (SSSR count). The fourth-order valence-electron chi connectivity index (χ4n) is 4.20. The summed E-state index contributed by atoms with van der Waals surface area (Å²) in [4.78, 5) is 39.3. The van der Waals surface area contributed by atoms with Crippen LogP contribution in [0.25, 0.3) is 0 Å². The zero-order chi connectivity index (χ0) is 18.4. The summed E-state index contributed by atoms with van der Waals surface area (Å²) in [5.74, 6) is -2.51. The molecule has 0 aromatic heterocycles. The number of ether oxygens (including phenoxy) is 1. The quantitative estimate of drug-likeness (QED) is 0.652. The van der Waals surface area contributed by atoms with Gasteiger partial charge in [0.15, 0.2) is 0 Å². The minimum atomic E-state index is -1.20. The summed E-state index contributed by atoms with van der Waals surface area (Å²) in [6.07, 6.45) is 1.08. The molecule has 0 spiro atoms. The summed E-state index contributed by atoms with van der Waals surface area (Å²) in [7, 11) is 2.77. The number of halogens is 1. The lowest BCUT2D eigenvalue weighted by atomic mass is 9.77. The predicted molar refractivity (Wildman–Crippen MR) is 91.7 cm³/mol. The van der Waals surface area contributed by atoms with E-state index in [1.54, 1.807) is 12.1 Å². The number of hydrogen-bond acceptors (Lipinski definition) is 5. The molecule has 134 valence electrons. The molecule has 4 atom stereocenters. The van der Waals surface area contributed by atoms with E-state index in [1.807, 2.05) is 19.1 Å². The molecular weight excluding hydrogens is 344 g/mol. The van der Waals surface area contributed by atoms with Gasteiger partial charge in [-0.2, -0.15) is 0 Å². The van der Waals surface area contributed by atoms with Gasteiger partial charge in [0.05, 0.1) is 18.9 Å². The Morgan fingerprint density at radius 3 is 2.48 bits per heavy atom. The van der Waals surface area contributed by atoms with Crippen LogP contribution in [0.2, 0.25) is 5.02 Å². The molecule has 2 aliphatic rings. The van der Waals surface area contributed by atoms with Gasteiger partial charge >= 0.3 is 5.97 Å². The van der Waals surface area contributed by atoms with Gasteiger partial charge in [-0.15, -0.1) is 0 Å². The van der Waals surface area contributed by atoms with E-state index >= 15 is 0 Å². The first-order valence-electron chi connectivity index (χ1n) is 8.30. The number of nitrogens with zero attached hydrogens (tertiary/aromatic N) is 1. The van der Waals surface area contributed by atoms with E-state index in [9.17, 15) is 14.4 Å². The van der Waals surface area contributed by atoms with E-state index in [1.165, 1.54) is 14.2 Å². The van der Waals surface area contributed by atoms with Crippen LogP contribution in [0.15, 0.2) is 24.3 Å². The summed E-state index contributed by atoms with van der Waals surface area (Å²) < 4.78 is 5.02. The normalized spacial score (nSPS) is 31.4. The molecule has 0 bridgehead atoms. The topological polar surface area (TPSA) is 75.7 Å². The maximum absolute atomic E-state index is 12.8. The van der Waals surface area contributed by atoms with E-state index in [0.717, 1.165) is 10.5 Å². The number of rotatable bonds is 4. The maximum atomic E-state index is 12.8. The molecule has 0 unspecified atom stereocenters. The minimum Gasteiger partial charge on any atom is -0.468 e. The summed E-state index contributed by atoms with van der Waals surface area (Å²) in [6, 6.07) is 6.64. The number of carbonyl (C=O) groups is 3. The second kappa shape index (κ2) is 6.42. The maximum Gasteiger partial charge on any atom is 0.326 e. The number of esters is 1. The summed E-state index contributed by atoms with van der Waals surface area (Å²) in [6.45, 7) is 1.93. The fraction of sp³-hybridized carbons (Fsp3) is 0.500. The van der Waals surface area contributed by atoms with Crippen molar-refractivity contribution in [3.05, 3.63) is 34.9 Å². The Morgan fingerprint density at radius 1 is 1.28 bits per heavy atom. The molecule has 2 fully saturated rings. The third-order valence-electron chi connectivity index (χ3n) is 5.30. The largest absolute Gasteiger partial charge is 0.468 e. The van der Waals surface area contributed by atoms with Gasteiger partial charge in [0.1, 0.15) is 5.54 Å². The second-order valence-corrected chi connectivity index (χ2v) is 7.06. The molecule has 0 radical (unpaired) electrons. The number of amides is 2. The average molecular weight is 365 g/mol. The highest BCUT2D eigenvalue weighted by molar-refractivity contribution is 6.30. The Balaban J connectivity index is 2.13. The van der Waals surface area contributed by atoms with Crippen LogP contribution in [0.4, 0.5) is 0 Å². The number of likely N-dealkylation sites (tertiary alicyclic amines) is 1. The van der Waals surface area contributed by atoms with Crippen molar-refractivity contribution in [2.75, 3.05) is 14.2 Å². The van der Waals surface area contributed by atoms with Gasteiger partial charge in [-0.1, -0.05) is 37.1 Å². The summed E-state index contributed by atoms with van der Waals surface area (Å²) >= 11 is 5.96. The molecule has 0 aliphatic carbocycles. The first-order valence-corrected chi connectivity index (χ1v) is 8.68. The SMILES string of the molecule is CCC[C@]1(C(=O)OC)N[C@H](c2ccc(Cl)cc2)[C@H]2C(=O)N(C)C(=O)[C@@H]21. The van der Waals surface area contributed by atoms with Gasteiger partial charge in [-0.05, 0) is 24.1 Å². The van der Waals surface area contributed by atoms with Crippen molar-refractivity contribution >= 4 is 29.4 Å². The van der Waals surface area contributed by atoms with E-state index in [0.29, 0.717) is 17.9 Å². The molecular formula is C18H21ClN2O4. The van der Waals surface area contributed by atoms with E-state index < -0.39 is 29.4 Å². The van der Waals surface area contributed by atoms with Crippen molar-refractivity contribution in [2.45, 2.75) is 31.3 Å². The molecule has 2 aliphatic heterocycles. The summed E-state index contributed by atoms with van der Waals surface area (Å²) in [5.41, 5.74) is -0.381. The van der Waals surface area contributed by atoms with E-state index in [-0.39, 0.29) is 11.8 Å². The molecule has 1 aromatic rings. The molecule has 1 N–H and O–H groups in total. The van der Waals surface area contributed by atoms with Gasteiger partial charge in [-0.3, -0.25) is 24.6 Å². The second-order valence-electron chi connectivity index (χ2n) is 6.63. The Labute approximate surface area is 151 Å². The molecule has 6 nitrogen and oxygen atoms in total. The Bertz CT molecular complexity index is 720. The van der Waals surface area contributed by atoms with Crippen LogP contribution in [0.3, 0.4) is 0 Å². The number of methoxy groups -OCH3 is 1. The third kappa shape index (κ3) is 2.55. The lowest BCUT2D eigenvalue weighted by molar-refractivity contribution is -0.154. The third-order valence-corrected chi connectivity index (χ3v) is 5.55. The highest BCUT2D eigenvalue weighted by atomic mass is 35.5. The molecule has 25 heavy (non-hydrogen) atoms. The number of carbonyl (C=O) groups excluding carboxylic acids is 3. The van der Waals surface area contributed by atoms with E-state index in [4.69, 9.17) is 16.3 Å². The van der Waals surface area contributed by atoms with Crippen molar-refractivity contribution in [2.24, 2.45) is 11.8 Å². The van der Waals surface area contributed by atoms with Crippen molar-refractivity contribution in [1.29, 1.82) is 0 Å². The molecule has 0 saturated carbocycles. The molecule has 1 aromatic carbocycles. The van der Waals surface area contributed by atoms with E-state index in [2.05, 4.69) is 5.32 Å². The van der Waals surface area contributed by atoms with Gasteiger partial charge in [0.2, 0.25) is 11.8 Å². The summed E-state index contributed by atoms with van der Waals surface area (Å²) in [5, 5.41) is 3.87. The minimum absolute atomic E-state index is 0.274. The van der Waals surface area contributed by atoms with Crippen LogP contribution >= 0.6 is 11.6 Å². The molecule has 2 amide bonds. The lowest BCUT2D eigenvalue weighted by Gasteiger charge is -2.31. The molecule has 2 heterocycles. The van der Waals surface area contributed by atoms with Gasteiger partial charge < -0.3 is 4.74 Å². The highest BCUT2D eigenvalue weighted by Gasteiger charge is 2.67. The molecule has 2 saturated heterocycles. The first-order chi connectivity index (χ1) is 11.9. The predicted octanol–water partition coefficient (Wildman–Crippen LogP) is 1.93. The van der Waals surface area contributed by atoms with Gasteiger partial charge in [0, 0.05) is 18.1 Å². The zero-order valence-electron chi connectivity index (χ0n) is 14.4. The van der Waals surface area contributed by atoms with Crippen LogP contribution in [0.1, 0.15) is 31.4 Å². The van der Waals surface area contributed by atoms with Crippen molar-refractivity contribution < 1.29 is 19.1 Å². The standard InChI is InChI=1S/C18H21ClN2O4/c1-4-9-18(17(24)25-3)13-12(15(22)21(2)16(13)23)14(20-18)10-5-7-11(19)8-6-10/h5-8,12-14,20H,4,9H2,1-3H3/t12-,13+,14+,18-/m0/s1. The number of nitrogens with one attached hydrogen (secondary N) is 1. The van der Waals surface area contributed by atoms with Crippen LogP contribution in [-0.2, 0) is 19.1 Å². The lowest BCUT2D eigenvalue weighted by Crippen LogP contribution is -2.56. The fourth-order valence-corrected chi connectivity index (χ4v) is 4.33. The van der Waals surface area contributed by atoms with Crippen molar-refractivity contribution in [1.82, 2.24) is 10.2 Å². The number of hydrogen-bond donors (Lipinski definition) is 1. The van der Waals surface area contributed by atoms with Crippen molar-refractivity contribution in [3.8, 4) is 0 Å². The van der Waals surface area contributed by atoms with Crippen LogP contribution in [-0.4, -0.2) is 42.4 Å². The van der Waals surface area contributed by atoms with Crippen molar-refractivity contribution in [3.63, 3.8) is 0 Å². The zero-order valence-corrected chi connectivity index (χ0v) is 15.2. The van der Waals surface area contributed by atoms with Gasteiger partial charge in [0.25, 0.3) is 0 Å². The Kier molecular flexibility index (Phi) is 4.60. The average Bonchev–Trinajstić information content (AvgIpc) is 3.06. The number of benzene rings is 1. The Hall–Kier alpha value is -1.92. The number of fused-ring (bicyclic) bond motifs is 1. The Morgan fingerprint density at radius 2 is 1.92 bits per heavy atom. The van der Waals surface area contributed by atoms with Crippen LogP contribution < -0.4 is 5.32 Å². The van der Waals surface area contributed by atoms with Gasteiger partial charge in [-0.25, -0.2) is 0 Å². The smallest absolute Gasteiger partial charge is 0.326 e. The number of imide groups is 1. The molecule has 7 heteroatoms. The highest BCUT2D eigenvalue weighted by Crippen LogP contribution is 2.50. The monoisotopic (exact) mass is 364 g/mol. The van der Waals surface area contributed by atoms with Crippen LogP contribution in [0.5, 0.6) is 0 Å². The van der Waals surface area contributed by atoms with Crippen LogP contribution in [0, 0.1) is 11.8 Å².